The predicted octanol–water partition coefficient (Wildman–Crippen LogP) is 5.48. The van der Waals surface area contributed by atoms with Crippen LogP contribution in [0.4, 0.5) is 16.6 Å². The van der Waals surface area contributed by atoms with Crippen LogP contribution in [0.1, 0.15) is 10.4 Å². The first-order valence-electron chi connectivity index (χ1n) is 9.10. The van der Waals surface area contributed by atoms with E-state index in [4.69, 9.17) is 9.84 Å². The van der Waals surface area contributed by atoms with Crippen molar-refractivity contribution in [1.29, 1.82) is 0 Å². The smallest absolute Gasteiger partial charge is 0.335 e. The number of carboxylic acid groups (broad SMARTS) is 1. The Bertz CT molecular complexity index is 1160. The van der Waals surface area contributed by atoms with Crippen LogP contribution in [0.2, 0.25) is 0 Å². The highest BCUT2D eigenvalue weighted by Gasteiger charge is 2.15. The number of nitrogens with zero attached hydrogens (tertiary/aromatic N) is 2. The largest absolute Gasteiger partial charge is 0.478 e. The van der Waals surface area contributed by atoms with E-state index in [9.17, 15) is 4.79 Å². The van der Waals surface area contributed by atoms with Gasteiger partial charge in [-0.25, -0.2) is 14.8 Å². The lowest BCUT2D eigenvalue weighted by Gasteiger charge is -2.09. The summed E-state index contributed by atoms with van der Waals surface area (Å²) in [6.07, 6.45) is 1.64. The molecule has 2 aromatic heterocycles. The number of anilines is 3. The summed E-state index contributed by atoms with van der Waals surface area (Å²) in [5.74, 6) is 0.225. The number of aromatic nitrogens is 2. The molecule has 0 saturated carbocycles. The van der Waals surface area contributed by atoms with Crippen molar-refractivity contribution in [2.45, 2.75) is 0 Å². The zero-order valence-electron chi connectivity index (χ0n) is 16.0. The Morgan fingerprint density at radius 1 is 1.07 bits per heavy atom. The Balaban J connectivity index is 1.56. The Morgan fingerprint density at radius 3 is 2.53 bits per heavy atom. The summed E-state index contributed by atoms with van der Waals surface area (Å²) < 4.78 is 6.13. The van der Waals surface area contributed by atoms with Crippen LogP contribution in [0.5, 0.6) is 10.8 Å². The molecule has 7 nitrogen and oxygen atoms in total. The molecule has 2 aromatic carbocycles. The maximum atomic E-state index is 11.0. The monoisotopic (exact) mass is 418 g/mol. The molecule has 0 saturated heterocycles. The number of aromatic carboxylic acids is 1. The molecule has 0 amide bonds. The number of pyridine rings is 1. The van der Waals surface area contributed by atoms with Crippen molar-refractivity contribution < 1.29 is 14.6 Å². The lowest BCUT2D eigenvalue weighted by molar-refractivity contribution is 0.0697. The van der Waals surface area contributed by atoms with Gasteiger partial charge in [-0.05, 0) is 30.3 Å². The molecule has 0 aliphatic carbocycles. The van der Waals surface area contributed by atoms with Gasteiger partial charge in [-0.1, -0.05) is 41.7 Å². The molecule has 0 atom stereocenters. The molecule has 0 fully saturated rings. The lowest BCUT2D eigenvalue weighted by atomic mass is 10.2. The van der Waals surface area contributed by atoms with Crippen molar-refractivity contribution >= 4 is 33.9 Å². The van der Waals surface area contributed by atoms with Crippen molar-refractivity contribution in [3.63, 3.8) is 0 Å². The molecule has 4 rings (SSSR count). The summed E-state index contributed by atoms with van der Waals surface area (Å²) >= 11 is 1.42. The molecule has 0 unspecified atom stereocenters. The van der Waals surface area contributed by atoms with Gasteiger partial charge in [0.1, 0.15) is 17.3 Å². The SMILES string of the molecule is CNc1nc(-c2ccccc2)c(Oc2ccnc(Nc3ccc(C(=O)O)cc3)c2)s1. The molecular formula is C22H18N4O3S. The maximum absolute atomic E-state index is 11.0. The van der Waals surface area contributed by atoms with Crippen LogP contribution in [0, 0.1) is 0 Å². The van der Waals surface area contributed by atoms with E-state index in [0.717, 1.165) is 22.1 Å². The zero-order valence-corrected chi connectivity index (χ0v) is 16.8. The van der Waals surface area contributed by atoms with Crippen LogP contribution in [0.15, 0.2) is 72.9 Å². The van der Waals surface area contributed by atoms with Crippen LogP contribution in [0.25, 0.3) is 11.3 Å². The van der Waals surface area contributed by atoms with E-state index in [0.29, 0.717) is 16.6 Å². The third-order valence-corrected chi connectivity index (χ3v) is 5.15. The molecule has 4 aromatic rings. The number of thiazole rings is 1. The first-order chi connectivity index (χ1) is 14.6. The van der Waals surface area contributed by atoms with Crippen molar-refractivity contribution in [3.8, 4) is 22.1 Å². The highest BCUT2D eigenvalue weighted by molar-refractivity contribution is 7.17. The van der Waals surface area contributed by atoms with Crippen LogP contribution in [-0.4, -0.2) is 28.1 Å². The second-order valence-corrected chi connectivity index (χ2v) is 7.22. The predicted molar refractivity (Wildman–Crippen MR) is 118 cm³/mol. The molecule has 3 N–H and O–H groups in total. The summed E-state index contributed by atoms with van der Waals surface area (Å²) in [4.78, 5) is 19.9. The topological polar surface area (TPSA) is 96.4 Å². The fourth-order valence-corrected chi connectivity index (χ4v) is 3.57. The molecule has 0 radical (unpaired) electrons. The van der Waals surface area contributed by atoms with Gasteiger partial charge in [-0.15, -0.1) is 0 Å². The molecule has 8 heteroatoms. The highest BCUT2D eigenvalue weighted by Crippen LogP contribution is 2.40. The minimum atomic E-state index is -0.963. The van der Waals surface area contributed by atoms with Gasteiger partial charge in [0.15, 0.2) is 5.13 Å². The van der Waals surface area contributed by atoms with Gasteiger partial charge >= 0.3 is 5.97 Å². The van der Waals surface area contributed by atoms with E-state index in [2.05, 4.69) is 20.6 Å². The van der Waals surface area contributed by atoms with Crippen LogP contribution < -0.4 is 15.4 Å². The number of ether oxygens (including phenoxy) is 1. The molecule has 150 valence electrons. The summed E-state index contributed by atoms with van der Waals surface area (Å²) in [6.45, 7) is 0. The van der Waals surface area contributed by atoms with E-state index in [1.165, 1.54) is 23.5 Å². The third-order valence-electron chi connectivity index (χ3n) is 4.20. The van der Waals surface area contributed by atoms with Crippen LogP contribution >= 0.6 is 11.3 Å². The number of rotatable bonds is 7. The Morgan fingerprint density at radius 2 is 1.83 bits per heavy atom. The van der Waals surface area contributed by atoms with Gasteiger partial charge in [0.2, 0.25) is 5.06 Å². The standard InChI is InChI=1S/C22H18N4O3S/c1-23-22-26-19(14-5-3-2-4-6-14)21(30-22)29-17-11-12-24-18(13-17)25-16-9-7-15(8-10-16)20(27)28/h2-13H,1H3,(H,23,26)(H,24,25)(H,27,28). The van der Waals surface area contributed by atoms with Gasteiger partial charge in [0.25, 0.3) is 0 Å². The minimum Gasteiger partial charge on any atom is -0.478 e. The lowest BCUT2D eigenvalue weighted by Crippen LogP contribution is -1.97. The average Bonchev–Trinajstić information content (AvgIpc) is 3.18. The number of hydrogen-bond donors (Lipinski definition) is 3. The number of carboxylic acids is 1. The van der Waals surface area contributed by atoms with Gasteiger partial charge < -0.3 is 20.5 Å². The Labute approximate surface area is 177 Å². The number of benzene rings is 2. The zero-order chi connectivity index (χ0) is 20.9. The normalized spacial score (nSPS) is 10.4. The first kappa shape index (κ1) is 19.4. The van der Waals surface area contributed by atoms with E-state index in [1.54, 1.807) is 30.5 Å². The second-order valence-electron chi connectivity index (χ2n) is 6.26. The van der Waals surface area contributed by atoms with E-state index in [-0.39, 0.29) is 5.56 Å². The van der Waals surface area contributed by atoms with Crippen molar-refractivity contribution in [2.24, 2.45) is 0 Å². The van der Waals surface area contributed by atoms with Gasteiger partial charge in [-0.2, -0.15) is 0 Å². The average molecular weight is 418 g/mol. The van der Waals surface area contributed by atoms with Gasteiger partial charge in [-0.3, -0.25) is 0 Å². The number of hydrogen-bond acceptors (Lipinski definition) is 7. The van der Waals surface area contributed by atoms with Gasteiger partial charge in [0.05, 0.1) is 5.56 Å². The van der Waals surface area contributed by atoms with Gasteiger partial charge in [0, 0.05) is 30.6 Å². The van der Waals surface area contributed by atoms with Crippen molar-refractivity contribution in [2.75, 3.05) is 17.7 Å². The van der Waals surface area contributed by atoms with E-state index in [1.807, 2.05) is 37.4 Å². The van der Waals surface area contributed by atoms with Crippen LogP contribution in [-0.2, 0) is 0 Å². The molecule has 0 spiro atoms. The Kier molecular flexibility index (Phi) is 5.58. The molecular weight excluding hydrogens is 400 g/mol. The molecule has 2 heterocycles. The maximum Gasteiger partial charge on any atom is 0.335 e. The molecule has 30 heavy (non-hydrogen) atoms. The Hall–Kier alpha value is -3.91. The summed E-state index contributed by atoms with van der Waals surface area (Å²) in [5, 5.41) is 16.7. The molecule has 0 aliphatic rings. The van der Waals surface area contributed by atoms with Crippen molar-refractivity contribution in [3.05, 3.63) is 78.5 Å². The molecule has 0 aliphatic heterocycles. The van der Waals surface area contributed by atoms with Crippen molar-refractivity contribution in [1.82, 2.24) is 9.97 Å². The summed E-state index contributed by atoms with van der Waals surface area (Å²) in [5.41, 5.74) is 2.69. The fourth-order valence-electron chi connectivity index (χ4n) is 2.75. The van der Waals surface area contributed by atoms with Crippen LogP contribution in [0.3, 0.4) is 0 Å². The van der Waals surface area contributed by atoms with E-state index >= 15 is 0 Å². The third kappa shape index (κ3) is 4.39. The second kappa shape index (κ2) is 8.62. The number of carbonyl (C=O) groups is 1. The fraction of sp³-hybridized carbons (Fsp3) is 0.0455. The summed E-state index contributed by atoms with van der Waals surface area (Å²) in [7, 11) is 1.82. The van der Waals surface area contributed by atoms with E-state index < -0.39 is 5.97 Å². The minimum absolute atomic E-state index is 0.226. The first-order valence-corrected chi connectivity index (χ1v) is 9.92. The molecule has 0 bridgehead atoms. The quantitative estimate of drug-likeness (QED) is 0.366. The number of nitrogens with one attached hydrogen (secondary N) is 2. The highest BCUT2D eigenvalue weighted by atomic mass is 32.1. The summed E-state index contributed by atoms with van der Waals surface area (Å²) in [6, 6.07) is 19.8.